The van der Waals surface area contributed by atoms with Gasteiger partial charge in [-0.15, -0.1) is 0 Å². The summed E-state index contributed by atoms with van der Waals surface area (Å²) >= 11 is 0. The Hall–Kier alpha value is -2.25. The Morgan fingerprint density at radius 3 is 3.06 bits per heavy atom. The summed E-state index contributed by atoms with van der Waals surface area (Å²) in [6.07, 6.45) is 1.50. The zero-order valence-corrected chi connectivity index (χ0v) is 9.37. The Bertz CT molecular complexity index is 617. The van der Waals surface area contributed by atoms with Crippen LogP contribution < -0.4 is 5.32 Å². The quantitative estimate of drug-likeness (QED) is 0.681. The number of carbonyl (C=O) groups is 1. The van der Waals surface area contributed by atoms with Crippen molar-refractivity contribution < 1.29 is 9.90 Å². The third kappa shape index (κ3) is 2.30. The molecule has 0 spiro atoms. The van der Waals surface area contributed by atoms with Crippen molar-refractivity contribution >= 4 is 16.9 Å². The van der Waals surface area contributed by atoms with Crippen molar-refractivity contribution in [2.24, 2.45) is 0 Å². The monoisotopic (exact) mass is 228 g/mol. The maximum atomic E-state index is 11.0. The summed E-state index contributed by atoms with van der Waals surface area (Å²) in [6.45, 7) is 0.608. The van der Waals surface area contributed by atoms with Gasteiger partial charge in [-0.25, -0.2) is 4.79 Å². The zero-order valence-electron chi connectivity index (χ0n) is 9.37. The number of H-pyrrole nitrogens is 1. The van der Waals surface area contributed by atoms with Crippen molar-refractivity contribution in [3.05, 3.63) is 35.5 Å². The number of hydrogen-bond donors (Lipinski definition) is 3. The van der Waals surface area contributed by atoms with E-state index in [9.17, 15) is 4.79 Å². The summed E-state index contributed by atoms with van der Waals surface area (Å²) in [5.74, 6) is 4.98. The Morgan fingerprint density at radius 2 is 2.35 bits per heavy atom. The van der Waals surface area contributed by atoms with Crippen molar-refractivity contribution in [1.82, 2.24) is 10.3 Å². The highest BCUT2D eigenvalue weighted by Crippen LogP contribution is 2.19. The van der Waals surface area contributed by atoms with E-state index in [2.05, 4.69) is 22.1 Å². The number of nitrogens with one attached hydrogen (secondary N) is 2. The molecule has 0 radical (unpaired) electrons. The van der Waals surface area contributed by atoms with Gasteiger partial charge in [-0.3, -0.25) is 0 Å². The number of carboxylic acid groups (broad SMARTS) is 1. The van der Waals surface area contributed by atoms with E-state index >= 15 is 0 Å². The molecular formula is C13H12N2O2. The number of fused-ring (bicyclic) bond motifs is 1. The van der Waals surface area contributed by atoms with Gasteiger partial charge in [0.2, 0.25) is 0 Å². The summed E-state index contributed by atoms with van der Waals surface area (Å²) in [7, 11) is 1.83. The number of aromatic carboxylic acids is 1. The Balaban J connectivity index is 2.45. The van der Waals surface area contributed by atoms with Crippen molar-refractivity contribution in [2.75, 3.05) is 13.6 Å². The molecule has 4 nitrogen and oxygen atoms in total. The lowest BCUT2D eigenvalue weighted by Gasteiger charge is -1.94. The van der Waals surface area contributed by atoms with Crippen molar-refractivity contribution in [1.29, 1.82) is 0 Å². The van der Waals surface area contributed by atoms with E-state index in [1.807, 2.05) is 19.2 Å². The first-order valence-electron chi connectivity index (χ1n) is 5.20. The van der Waals surface area contributed by atoms with Crippen molar-refractivity contribution in [2.45, 2.75) is 0 Å². The van der Waals surface area contributed by atoms with E-state index in [1.165, 1.54) is 6.20 Å². The number of aromatic amines is 1. The van der Waals surface area contributed by atoms with Crippen LogP contribution in [0.25, 0.3) is 10.9 Å². The highest BCUT2D eigenvalue weighted by molar-refractivity contribution is 6.03. The van der Waals surface area contributed by atoms with Gasteiger partial charge in [0.05, 0.1) is 12.1 Å². The number of rotatable bonds is 2. The molecule has 2 rings (SSSR count). The first-order valence-corrected chi connectivity index (χ1v) is 5.20. The van der Waals surface area contributed by atoms with Crippen LogP contribution >= 0.6 is 0 Å². The molecule has 3 N–H and O–H groups in total. The second kappa shape index (κ2) is 4.73. The highest BCUT2D eigenvalue weighted by Gasteiger charge is 2.09. The lowest BCUT2D eigenvalue weighted by atomic mass is 10.1. The fourth-order valence-electron chi connectivity index (χ4n) is 1.61. The maximum absolute atomic E-state index is 11.0. The third-order valence-corrected chi connectivity index (χ3v) is 2.41. The minimum absolute atomic E-state index is 0.275. The minimum Gasteiger partial charge on any atom is -0.478 e. The molecule has 2 aromatic rings. The SMILES string of the molecule is CNCC#Cc1ccc2[nH]cc(C(=O)O)c2c1. The van der Waals surface area contributed by atoms with E-state index in [-0.39, 0.29) is 5.56 Å². The third-order valence-electron chi connectivity index (χ3n) is 2.41. The molecule has 0 aliphatic carbocycles. The maximum Gasteiger partial charge on any atom is 0.337 e. The van der Waals surface area contributed by atoms with E-state index in [1.54, 1.807) is 6.07 Å². The molecule has 0 saturated heterocycles. The Morgan fingerprint density at radius 1 is 1.53 bits per heavy atom. The predicted octanol–water partition coefficient (Wildman–Crippen LogP) is 1.44. The predicted molar refractivity (Wildman–Crippen MR) is 66.1 cm³/mol. The highest BCUT2D eigenvalue weighted by atomic mass is 16.4. The smallest absolute Gasteiger partial charge is 0.337 e. The van der Waals surface area contributed by atoms with Crippen LogP contribution in [0, 0.1) is 11.8 Å². The summed E-state index contributed by atoms with van der Waals surface area (Å²) in [5.41, 5.74) is 1.90. The summed E-state index contributed by atoms with van der Waals surface area (Å²) < 4.78 is 0. The Labute approximate surface area is 98.7 Å². The fourth-order valence-corrected chi connectivity index (χ4v) is 1.61. The molecule has 0 saturated carbocycles. The van der Waals surface area contributed by atoms with E-state index in [4.69, 9.17) is 5.11 Å². The first-order chi connectivity index (χ1) is 8.22. The minimum atomic E-state index is -0.934. The second-order valence-electron chi connectivity index (χ2n) is 3.60. The van der Waals surface area contributed by atoms with E-state index in [0.29, 0.717) is 11.9 Å². The van der Waals surface area contributed by atoms with Gasteiger partial charge in [0.25, 0.3) is 0 Å². The molecular weight excluding hydrogens is 216 g/mol. The van der Waals surface area contributed by atoms with Gasteiger partial charge in [0.1, 0.15) is 0 Å². The molecule has 0 aliphatic rings. The number of aromatic nitrogens is 1. The summed E-state index contributed by atoms with van der Waals surface area (Å²) in [6, 6.07) is 5.50. The standard InChI is InChI=1S/C13H12N2O2/c1-14-6-2-3-9-4-5-12-10(7-9)11(8-15-12)13(16)17/h4-5,7-8,14-15H,6H2,1H3,(H,16,17). The summed E-state index contributed by atoms with van der Waals surface area (Å²) in [4.78, 5) is 13.9. The molecule has 0 bridgehead atoms. The van der Waals surface area contributed by atoms with Crippen molar-refractivity contribution in [3.63, 3.8) is 0 Å². The van der Waals surface area contributed by atoms with Crippen molar-refractivity contribution in [3.8, 4) is 11.8 Å². The molecule has 17 heavy (non-hydrogen) atoms. The lowest BCUT2D eigenvalue weighted by Crippen LogP contribution is -2.04. The van der Waals surface area contributed by atoms with Crippen LogP contribution in [0.5, 0.6) is 0 Å². The molecule has 0 atom stereocenters. The number of carboxylic acids is 1. The topological polar surface area (TPSA) is 65.1 Å². The van der Waals surface area contributed by atoms with E-state index in [0.717, 1.165) is 11.1 Å². The molecule has 0 amide bonds. The van der Waals surface area contributed by atoms with Gasteiger partial charge in [-0.05, 0) is 25.2 Å². The first kappa shape index (κ1) is 11.2. The van der Waals surface area contributed by atoms with Crippen LogP contribution in [0.15, 0.2) is 24.4 Å². The van der Waals surface area contributed by atoms with Crippen LogP contribution in [0.4, 0.5) is 0 Å². The largest absolute Gasteiger partial charge is 0.478 e. The molecule has 86 valence electrons. The van der Waals surface area contributed by atoms with Gasteiger partial charge in [-0.1, -0.05) is 11.8 Å². The van der Waals surface area contributed by atoms with Crippen LogP contribution in [0.1, 0.15) is 15.9 Å². The van der Waals surface area contributed by atoms with Crippen LogP contribution in [-0.4, -0.2) is 29.7 Å². The second-order valence-corrected chi connectivity index (χ2v) is 3.60. The van der Waals surface area contributed by atoms with Crippen LogP contribution in [0.3, 0.4) is 0 Å². The van der Waals surface area contributed by atoms with Gasteiger partial charge in [0, 0.05) is 22.7 Å². The zero-order chi connectivity index (χ0) is 12.3. The molecule has 1 aromatic heterocycles. The number of benzene rings is 1. The lowest BCUT2D eigenvalue weighted by molar-refractivity contribution is 0.0699. The average Bonchev–Trinajstić information content (AvgIpc) is 2.72. The van der Waals surface area contributed by atoms with Gasteiger partial charge >= 0.3 is 5.97 Å². The van der Waals surface area contributed by atoms with Gasteiger partial charge in [-0.2, -0.15) is 0 Å². The van der Waals surface area contributed by atoms with Crippen LogP contribution in [-0.2, 0) is 0 Å². The normalized spacial score (nSPS) is 9.94. The van der Waals surface area contributed by atoms with E-state index < -0.39 is 5.97 Å². The van der Waals surface area contributed by atoms with Gasteiger partial charge in [0.15, 0.2) is 0 Å². The average molecular weight is 228 g/mol. The summed E-state index contributed by atoms with van der Waals surface area (Å²) in [5, 5.41) is 12.6. The molecule has 1 aromatic carbocycles. The number of hydrogen-bond acceptors (Lipinski definition) is 2. The van der Waals surface area contributed by atoms with Crippen LogP contribution in [0.2, 0.25) is 0 Å². The Kier molecular flexibility index (Phi) is 3.12. The molecule has 0 aliphatic heterocycles. The fraction of sp³-hybridized carbons (Fsp3) is 0.154. The molecule has 0 fully saturated rings. The van der Waals surface area contributed by atoms with Gasteiger partial charge < -0.3 is 15.4 Å². The molecule has 1 heterocycles. The molecule has 4 heteroatoms. The molecule has 0 unspecified atom stereocenters.